The molecule has 0 saturated carbocycles. The number of hydrogen-bond acceptors (Lipinski definition) is 2. The van der Waals surface area contributed by atoms with Gasteiger partial charge in [0.1, 0.15) is 5.82 Å². The Balaban J connectivity index is 2.25. The third-order valence-corrected chi connectivity index (χ3v) is 3.27. The Morgan fingerprint density at radius 1 is 1.11 bits per heavy atom. The Kier molecular flexibility index (Phi) is 4.17. The topological polar surface area (TPSA) is 23.5 Å². The minimum Gasteiger partial charge on any atom is -0.388 e. The average molecular weight is 259 g/mol. The summed E-state index contributed by atoms with van der Waals surface area (Å²) in [6.45, 7) is 1.93. The van der Waals surface area contributed by atoms with Crippen LogP contribution in [0.1, 0.15) is 25.0 Å². The van der Waals surface area contributed by atoms with Gasteiger partial charge in [-0.1, -0.05) is 31.2 Å². The zero-order valence-electron chi connectivity index (χ0n) is 11.2. The third-order valence-electron chi connectivity index (χ3n) is 3.27. The van der Waals surface area contributed by atoms with Gasteiger partial charge < -0.3 is 10.0 Å². The highest BCUT2D eigenvalue weighted by atomic mass is 19.1. The number of rotatable bonds is 4. The minimum atomic E-state index is -0.437. The summed E-state index contributed by atoms with van der Waals surface area (Å²) in [7, 11) is 1.82. The molecule has 3 heteroatoms. The first-order chi connectivity index (χ1) is 9.13. The molecule has 0 fully saturated rings. The first-order valence-electron chi connectivity index (χ1n) is 6.39. The lowest BCUT2D eigenvalue weighted by Crippen LogP contribution is -2.11. The fourth-order valence-electron chi connectivity index (χ4n) is 2.02. The zero-order valence-corrected chi connectivity index (χ0v) is 11.2. The molecule has 1 N–H and O–H groups in total. The highest BCUT2D eigenvalue weighted by molar-refractivity contribution is 5.63. The quantitative estimate of drug-likeness (QED) is 0.895. The van der Waals surface area contributed by atoms with Crippen LogP contribution in [0.5, 0.6) is 0 Å². The molecule has 0 spiro atoms. The van der Waals surface area contributed by atoms with Crippen molar-refractivity contribution < 1.29 is 9.50 Å². The fourth-order valence-corrected chi connectivity index (χ4v) is 2.02. The number of hydrogen-bond donors (Lipinski definition) is 1. The smallest absolute Gasteiger partial charge is 0.146 e. The summed E-state index contributed by atoms with van der Waals surface area (Å²) in [5.41, 5.74) is 2.30. The standard InChI is InChI=1S/C16H18FNO/c1-3-16(19)12-8-10-13(11-9-12)18(2)15-7-5-4-6-14(15)17/h4-11,16,19H,3H2,1-2H3. The van der Waals surface area contributed by atoms with Gasteiger partial charge in [0.05, 0.1) is 11.8 Å². The second-order valence-electron chi connectivity index (χ2n) is 4.53. The lowest BCUT2D eigenvalue weighted by Gasteiger charge is -2.20. The van der Waals surface area contributed by atoms with E-state index in [0.717, 1.165) is 11.3 Å². The number of aliphatic hydroxyl groups is 1. The van der Waals surface area contributed by atoms with Crippen LogP contribution in [0, 0.1) is 5.82 Å². The van der Waals surface area contributed by atoms with E-state index in [4.69, 9.17) is 0 Å². The van der Waals surface area contributed by atoms with Crippen molar-refractivity contribution in [2.75, 3.05) is 11.9 Å². The Bertz CT molecular complexity index is 539. The molecule has 0 aliphatic heterocycles. The van der Waals surface area contributed by atoms with Crippen LogP contribution < -0.4 is 4.90 Å². The molecule has 2 rings (SSSR count). The first kappa shape index (κ1) is 13.6. The molecular formula is C16H18FNO. The number of nitrogens with zero attached hydrogens (tertiary/aromatic N) is 1. The molecule has 2 aromatic rings. The summed E-state index contributed by atoms with van der Waals surface area (Å²) in [6.07, 6.45) is 0.246. The van der Waals surface area contributed by atoms with Gasteiger partial charge in [0.25, 0.3) is 0 Å². The monoisotopic (exact) mass is 259 g/mol. The van der Waals surface area contributed by atoms with Gasteiger partial charge in [0.2, 0.25) is 0 Å². The van der Waals surface area contributed by atoms with Gasteiger partial charge in [0, 0.05) is 12.7 Å². The molecule has 1 unspecified atom stereocenters. The van der Waals surface area contributed by atoms with E-state index < -0.39 is 6.10 Å². The fraction of sp³-hybridized carbons (Fsp3) is 0.250. The average Bonchev–Trinajstić information content (AvgIpc) is 2.46. The van der Waals surface area contributed by atoms with Crippen molar-refractivity contribution in [3.63, 3.8) is 0 Å². The zero-order chi connectivity index (χ0) is 13.8. The molecule has 0 bridgehead atoms. The number of para-hydroxylation sites is 1. The summed E-state index contributed by atoms with van der Waals surface area (Å²) >= 11 is 0. The van der Waals surface area contributed by atoms with E-state index in [0.29, 0.717) is 12.1 Å². The van der Waals surface area contributed by atoms with E-state index in [1.165, 1.54) is 6.07 Å². The van der Waals surface area contributed by atoms with Crippen LogP contribution in [-0.4, -0.2) is 12.2 Å². The molecule has 100 valence electrons. The maximum Gasteiger partial charge on any atom is 0.146 e. The van der Waals surface area contributed by atoms with Crippen molar-refractivity contribution in [2.24, 2.45) is 0 Å². The van der Waals surface area contributed by atoms with E-state index >= 15 is 0 Å². The third kappa shape index (κ3) is 2.93. The Hall–Kier alpha value is -1.87. The van der Waals surface area contributed by atoms with Crippen LogP contribution in [0.15, 0.2) is 48.5 Å². The van der Waals surface area contributed by atoms with Crippen LogP contribution in [-0.2, 0) is 0 Å². The Morgan fingerprint density at radius 2 is 1.74 bits per heavy atom. The van der Waals surface area contributed by atoms with Crippen LogP contribution >= 0.6 is 0 Å². The van der Waals surface area contributed by atoms with E-state index in [2.05, 4.69) is 0 Å². The predicted octanol–water partition coefficient (Wildman–Crippen LogP) is 4.04. The summed E-state index contributed by atoms with van der Waals surface area (Å²) in [6, 6.07) is 14.2. The second kappa shape index (κ2) is 5.85. The molecule has 0 aromatic heterocycles. The lowest BCUT2D eigenvalue weighted by molar-refractivity contribution is 0.173. The van der Waals surface area contributed by atoms with Crippen LogP contribution in [0.2, 0.25) is 0 Å². The van der Waals surface area contributed by atoms with Crippen molar-refractivity contribution >= 4 is 11.4 Å². The highest BCUT2D eigenvalue weighted by Crippen LogP contribution is 2.27. The molecule has 1 atom stereocenters. The van der Waals surface area contributed by atoms with E-state index in [-0.39, 0.29) is 5.82 Å². The summed E-state index contributed by atoms with van der Waals surface area (Å²) in [4.78, 5) is 1.79. The molecule has 0 aliphatic carbocycles. The molecule has 2 nitrogen and oxygen atoms in total. The largest absolute Gasteiger partial charge is 0.388 e. The van der Waals surface area contributed by atoms with Gasteiger partial charge in [-0.3, -0.25) is 0 Å². The van der Waals surface area contributed by atoms with Crippen LogP contribution in [0.4, 0.5) is 15.8 Å². The SMILES string of the molecule is CCC(O)c1ccc(N(C)c2ccccc2F)cc1. The van der Waals surface area contributed by atoms with Gasteiger partial charge in [0.15, 0.2) is 0 Å². The highest BCUT2D eigenvalue weighted by Gasteiger charge is 2.10. The molecule has 0 radical (unpaired) electrons. The van der Waals surface area contributed by atoms with Crippen molar-refractivity contribution in [3.05, 3.63) is 59.9 Å². The van der Waals surface area contributed by atoms with Crippen molar-refractivity contribution in [3.8, 4) is 0 Å². The van der Waals surface area contributed by atoms with E-state index in [1.807, 2.05) is 44.3 Å². The summed E-state index contributed by atoms with van der Waals surface area (Å²) in [5.74, 6) is -0.248. The molecule has 0 heterocycles. The Morgan fingerprint density at radius 3 is 2.32 bits per heavy atom. The maximum atomic E-state index is 13.7. The van der Waals surface area contributed by atoms with Gasteiger partial charge in [-0.05, 0) is 36.2 Å². The molecular weight excluding hydrogens is 241 g/mol. The predicted molar refractivity (Wildman–Crippen MR) is 76.2 cm³/mol. The van der Waals surface area contributed by atoms with Crippen LogP contribution in [0.25, 0.3) is 0 Å². The summed E-state index contributed by atoms with van der Waals surface area (Å²) in [5, 5.41) is 9.75. The number of halogens is 1. The van der Waals surface area contributed by atoms with Crippen molar-refractivity contribution in [1.82, 2.24) is 0 Å². The van der Waals surface area contributed by atoms with E-state index in [1.54, 1.807) is 17.0 Å². The number of aliphatic hydroxyl groups excluding tert-OH is 1. The minimum absolute atomic E-state index is 0.248. The van der Waals surface area contributed by atoms with Gasteiger partial charge in [-0.25, -0.2) is 4.39 Å². The molecule has 19 heavy (non-hydrogen) atoms. The number of benzene rings is 2. The van der Waals surface area contributed by atoms with Gasteiger partial charge in [-0.15, -0.1) is 0 Å². The van der Waals surface area contributed by atoms with Gasteiger partial charge >= 0.3 is 0 Å². The molecule has 0 aliphatic rings. The summed E-state index contributed by atoms with van der Waals surface area (Å²) < 4.78 is 13.7. The van der Waals surface area contributed by atoms with E-state index in [9.17, 15) is 9.50 Å². The lowest BCUT2D eigenvalue weighted by atomic mass is 10.1. The second-order valence-corrected chi connectivity index (χ2v) is 4.53. The van der Waals surface area contributed by atoms with Crippen molar-refractivity contribution in [1.29, 1.82) is 0 Å². The molecule has 2 aromatic carbocycles. The number of anilines is 2. The van der Waals surface area contributed by atoms with Gasteiger partial charge in [-0.2, -0.15) is 0 Å². The van der Waals surface area contributed by atoms with Crippen LogP contribution in [0.3, 0.4) is 0 Å². The normalized spacial score (nSPS) is 12.2. The first-order valence-corrected chi connectivity index (χ1v) is 6.39. The maximum absolute atomic E-state index is 13.7. The van der Waals surface area contributed by atoms with Crippen molar-refractivity contribution in [2.45, 2.75) is 19.4 Å². The molecule has 0 amide bonds. The molecule has 0 saturated heterocycles. The Labute approximate surface area is 113 Å².